The van der Waals surface area contributed by atoms with Gasteiger partial charge in [-0.3, -0.25) is 0 Å². The summed E-state index contributed by atoms with van der Waals surface area (Å²) in [5.41, 5.74) is 1.10. The van der Waals surface area contributed by atoms with Gasteiger partial charge in [-0.1, -0.05) is 30.3 Å². The quantitative estimate of drug-likeness (QED) is 0.546. The Morgan fingerprint density at radius 2 is 1.82 bits per heavy atom. The molecule has 0 saturated carbocycles. The average Bonchev–Trinajstić information content (AvgIpc) is 2.03. The van der Waals surface area contributed by atoms with E-state index in [4.69, 9.17) is 26.6 Å². The third kappa shape index (κ3) is 3.77. The fourth-order valence-corrected chi connectivity index (χ4v) is 1.43. The maximum atomic E-state index is 5.51. The summed E-state index contributed by atoms with van der Waals surface area (Å²) in [7, 11) is -1.90. The zero-order valence-electron chi connectivity index (χ0n) is 5.84. The number of hydrogen-bond donors (Lipinski definition) is 0. The first-order chi connectivity index (χ1) is 5.29. The van der Waals surface area contributed by atoms with E-state index in [0.29, 0.717) is 6.61 Å². The highest BCUT2D eigenvalue weighted by atomic mass is 35.7. The minimum atomic E-state index is -1.90. The van der Waals surface area contributed by atoms with Crippen LogP contribution in [0.1, 0.15) is 5.56 Å². The summed E-state index contributed by atoms with van der Waals surface area (Å²) in [6.45, 7) is 0.519. The van der Waals surface area contributed by atoms with Crippen molar-refractivity contribution in [3.05, 3.63) is 35.9 Å². The first kappa shape index (κ1) is 9.07. The van der Waals surface area contributed by atoms with Gasteiger partial charge in [-0.15, -0.1) is 22.2 Å². The minimum Gasteiger partial charge on any atom is -0.390 e. The Hall–Kier alpha value is -0.0231. The Morgan fingerprint density at radius 3 is 2.36 bits per heavy atom. The summed E-state index contributed by atoms with van der Waals surface area (Å²) in [6.07, 6.45) is 0. The summed E-state index contributed by atoms with van der Waals surface area (Å²) in [5, 5.41) is 0. The molecule has 1 aromatic carbocycles. The van der Waals surface area contributed by atoms with E-state index in [2.05, 4.69) is 0 Å². The van der Waals surface area contributed by atoms with Crippen LogP contribution in [0.15, 0.2) is 30.3 Å². The molecule has 0 N–H and O–H groups in total. The van der Waals surface area contributed by atoms with E-state index in [1.54, 1.807) is 0 Å². The molecular formula is C7H8Cl2OSi. The third-order valence-corrected chi connectivity index (χ3v) is 2.39. The molecular weight excluding hydrogens is 199 g/mol. The van der Waals surface area contributed by atoms with Crippen molar-refractivity contribution in [2.75, 3.05) is 0 Å². The molecule has 0 atom stereocenters. The summed E-state index contributed by atoms with van der Waals surface area (Å²) in [6, 6.07) is 9.82. The Kier molecular flexibility index (Phi) is 3.94. The zero-order chi connectivity index (χ0) is 8.10. The maximum Gasteiger partial charge on any atom is 0.373 e. The van der Waals surface area contributed by atoms with Gasteiger partial charge in [-0.2, -0.15) is 0 Å². The van der Waals surface area contributed by atoms with Crippen molar-refractivity contribution in [1.29, 1.82) is 0 Å². The fourth-order valence-electron chi connectivity index (χ4n) is 0.733. The number of halogens is 2. The lowest BCUT2D eigenvalue weighted by molar-refractivity contribution is 0.329. The molecule has 0 spiro atoms. The number of hydrogen-bond acceptors (Lipinski definition) is 1. The summed E-state index contributed by atoms with van der Waals surface area (Å²) < 4.78 is 5.10. The number of benzene rings is 1. The van der Waals surface area contributed by atoms with Gasteiger partial charge in [0.25, 0.3) is 0 Å². The molecule has 0 fully saturated rings. The Bertz CT molecular complexity index is 203. The van der Waals surface area contributed by atoms with Crippen molar-refractivity contribution in [2.24, 2.45) is 0 Å². The standard InChI is InChI=1S/C7H8Cl2OSi/c8-11(9)10-6-7-4-2-1-3-5-7/h1-5,11H,6H2. The average molecular weight is 207 g/mol. The van der Waals surface area contributed by atoms with E-state index in [1.165, 1.54) is 0 Å². The molecule has 0 heterocycles. The van der Waals surface area contributed by atoms with Crippen molar-refractivity contribution < 1.29 is 4.43 Å². The molecule has 0 amide bonds. The van der Waals surface area contributed by atoms with Crippen molar-refractivity contribution in [3.63, 3.8) is 0 Å². The highest BCUT2D eigenvalue weighted by Crippen LogP contribution is 2.05. The molecule has 0 aliphatic rings. The van der Waals surface area contributed by atoms with Crippen LogP contribution >= 0.6 is 22.2 Å². The molecule has 0 bridgehead atoms. The second-order valence-electron chi connectivity index (χ2n) is 2.06. The zero-order valence-corrected chi connectivity index (χ0v) is 8.50. The monoisotopic (exact) mass is 206 g/mol. The normalized spacial score (nSPS) is 10.5. The van der Waals surface area contributed by atoms with Gasteiger partial charge in [-0.05, 0) is 5.56 Å². The maximum absolute atomic E-state index is 5.51. The van der Waals surface area contributed by atoms with E-state index in [1.807, 2.05) is 30.3 Å². The van der Waals surface area contributed by atoms with Gasteiger partial charge in [-0.25, -0.2) is 0 Å². The molecule has 4 heteroatoms. The molecule has 0 aromatic heterocycles. The highest BCUT2D eigenvalue weighted by Gasteiger charge is 2.00. The molecule has 11 heavy (non-hydrogen) atoms. The van der Waals surface area contributed by atoms with Gasteiger partial charge >= 0.3 is 7.66 Å². The van der Waals surface area contributed by atoms with Crippen LogP contribution in [0.25, 0.3) is 0 Å². The predicted octanol–water partition coefficient (Wildman–Crippen LogP) is 2.40. The molecule has 0 radical (unpaired) electrons. The molecule has 1 aromatic rings. The lowest BCUT2D eigenvalue weighted by Gasteiger charge is -2.02. The van der Waals surface area contributed by atoms with Crippen molar-refractivity contribution in [3.8, 4) is 0 Å². The molecule has 0 saturated heterocycles. The Balaban J connectivity index is 2.39. The van der Waals surface area contributed by atoms with Crippen LogP contribution in [0.2, 0.25) is 0 Å². The summed E-state index contributed by atoms with van der Waals surface area (Å²) in [4.78, 5) is 0. The van der Waals surface area contributed by atoms with Crippen LogP contribution in [0.4, 0.5) is 0 Å². The fraction of sp³-hybridized carbons (Fsp3) is 0.143. The van der Waals surface area contributed by atoms with E-state index in [0.717, 1.165) is 5.56 Å². The minimum absolute atomic E-state index is 0.519. The van der Waals surface area contributed by atoms with E-state index < -0.39 is 7.66 Å². The first-order valence-electron chi connectivity index (χ1n) is 3.23. The molecule has 1 nitrogen and oxygen atoms in total. The second-order valence-corrected chi connectivity index (χ2v) is 5.96. The molecule has 0 aliphatic carbocycles. The number of rotatable bonds is 3. The summed E-state index contributed by atoms with van der Waals surface area (Å²) in [5.74, 6) is 0. The van der Waals surface area contributed by atoms with Crippen LogP contribution in [-0.2, 0) is 11.0 Å². The first-order valence-corrected chi connectivity index (χ1v) is 7.19. The van der Waals surface area contributed by atoms with E-state index in [9.17, 15) is 0 Å². The molecule has 60 valence electrons. The van der Waals surface area contributed by atoms with Gasteiger partial charge < -0.3 is 4.43 Å². The van der Waals surface area contributed by atoms with Gasteiger partial charge in [0.05, 0.1) is 6.61 Å². The summed E-state index contributed by atoms with van der Waals surface area (Å²) >= 11 is 11.0. The van der Waals surface area contributed by atoms with E-state index >= 15 is 0 Å². The van der Waals surface area contributed by atoms with Crippen LogP contribution in [0, 0.1) is 0 Å². The third-order valence-electron chi connectivity index (χ3n) is 1.22. The van der Waals surface area contributed by atoms with Crippen LogP contribution < -0.4 is 0 Å². The van der Waals surface area contributed by atoms with Gasteiger partial charge in [0.15, 0.2) is 0 Å². The van der Waals surface area contributed by atoms with Crippen molar-refractivity contribution >= 4 is 29.8 Å². The predicted molar refractivity (Wildman–Crippen MR) is 50.1 cm³/mol. The second kappa shape index (κ2) is 4.77. The van der Waals surface area contributed by atoms with Crippen molar-refractivity contribution in [1.82, 2.24) is 0 Å². The highest BCUT2D eigenvalue weighted by molar-refractivity contribution is 7.30. The van der Waals surface area contributed by atoms with Gasteiger partial charge in [0.2, 0.25) is 0 Å². The lowest BCUT2D eigenvalue weighted by atomic mass is 10.2. The lowest BCUT2D eigenvalue weighted by Crippen LogP contribution is -2.01. The van der Waals surface area contributed by atoms with E-state index in [-0.39, 0.29) is 0 Å². The van der Waals surface area contributed by atoms with Crippen molar-refractivity contribution in [2.45, 2.75) is 6.61 Å². The largest absolute Gasteiger partial charge is 0.390 e. The van der Waals surface area contributed by atoms with Crippen LogP contribution in [0.5, 0.6) is 0 Å². The molecule has 0 unspecified atom stereocenters. The van der Waals surface area contributed by atoms with Crippen LogP contribution in [0.3, 0.4) is 0 Å². The Morgan fingerprint density at radius 1 is 1.18 bits per heavy atom. The SMILES string of the molecule is Cl[SiH](Cl)OCc1ccccc1. The van der Waals surface area contributed by atoms with Gasteiger partial charge in [0.1, 0.15) is 0 Å². The smallest absolute Gasteiger partial charge is 0.373 e. The topological polar surface area (TPSA) is 9.23 Å². The molecule has 1 rings (SSSR count). The van der Waals surface area contributed by atoms with Gasteiger partial charge in [0, 0.05) is 0 Å². The Labute approximate surface area is 77.0 Å². The van der Waals surface area contributed by atoms with Crippen LogP contribution in [-0.4, -0.2) is 7.66 Å². The molecule has 0 aliphatic heterocycles.